The van der Waals surface area contributed by atoms with Crippen molar-refractivity contribution in [1.29, 1.82) is 0 Å². The third-order valence-corrected chi connectivity index (χ3v) is 2.05. The van der Waals surface area contributed by atoms with E-state index in [4.69, 9.17) is 11.5 Å². The second-order valence-corrected chi connectivity index (χ2v) is 3.49. The summed E-state index contributed by atoms with van der Waals surface area (Å²) < 4.78 is 1.84. The number of rotatable bonds is 4. The molecule has 0 saturated carbocycles. The molecule has 1 aromatic rings. The number of nitrogens with zero attached hydrogens (tertiary/aromatic N) is 2. The van der Waals surface area contributed by atoms with Gasteiger partial charge in [0.25, 0.3) is 0 Å². The maximum Gasteiger partial charge on any atom is 0.125 e. The summed E-state index contributed by atoms with van der Waals surface area (Å²) in [6, 6.07) is 0.326. The molecule has 0 aliphatic rings. The van der Waals surface area contributed by atoms with Gasteiger partial charge in [-0.25, -0.2) is 4.68 Å². The predicted octanol–water partition coefficient (Wildman–Crippen LogP) is 0.938. The van der Waals surface area contributed by atoms with Crippen LogP contribution in [0.2, 0.25) is 0 Å². The molecule has 0 saturated heterocycles. The summed E-state index contributed by atoms with van der Waals surface area (Å²) in [7, 11) is 0. The molecule has 1 heterocycles. The first-order valence-corrected chi connectivity index (χ1v) is 4.68. The molecule has 13 heavy (non-hydrogen) atoms. The normalized spacial score (nSPS) is 11.1. The van der Waals surface area contributed by atoms with Crippen molar-refractivity contribution in [3.63, 3.8) is 0 Å². The third-order valence-electron chi connectivity index (χ3n) is 2.05. The lowest BCUT2D eigenvalue weighted by Crippen LogP contribution is -2.08. The highest BCUT2D eigenvalue weighted by Crippen LogP contribution is 2.16. The lowest BCUT2D eigenvalue weighted by Gasteiger charge is -2.07. The van der Waals surface area contributed by atoms with Crippen LogP contribution in [0, 0.1) is 0 Å². The predicted molar refractivity (Wildman–Crippen MR) is 54.4 cm³/mol. The first-order chi connectivity index (χ1) is 6.16. The van der Waals surface area contributed by atoms with E-state index in [1.54, 1.807) is 0 Å². The largest absolute Gasteiger partial charge is 0.384 e. The van der Waals surface area contributed by atoms with E-state index in [1.807, 2.05) is 10.9 Å². The smallest absolute Gasteiger partial charge is 0.125 e. The van der Waals surface area contributed by atoms with Gasteiger partial charge in [-0.3, -0.25) is 0 Å². The fraction of sp³-hybridized carbons (Fsp3) is 0.667. The molecule has 0 unspecified atom stereocenters. The first-order valence-electron chi connectivity index (χ1n) is 4.68. The van der Waals surface area contributed by atoms with E-state index >= 15 is 0 Å². The maximum absolute atomic E-state index is 5.90. The molecule has 0 spiro atoms. The molecule has 0 fully saturated rings. The van der Waals surface area contributed by atoms with Gasteiger partial charge in [-0.1, -0.05) is 0 Å². The van der Waals surface area contributed by atoms with Crippen molar-refractivity contribution in [2.75, 3.05) is 12.3 Å². The SMILES string of the molecule is CC(C)n1ncc(CCCN)c1N. The summed E-state index contributed by atoms with van der Waals surface area (Å²) >= 11 is 0. The standard InChI is InChI=1S/C9H18N4/c1-7(2)13-9(11)8(6-12-13)4-3-5-10/h6-7H,3-5,10-11H2,1-2H3. The van der Waals surface area contributed by atoms with Crippen LogP contribution >= 0.6 is 0 Å². The minimum atomic E-state index is 0.326. The van der Waals surface area contributed by atoms with Gasteiger partial charge in [-0.05, 0) is 33.2 Å². The Morgan fingerprint density at radius 1 is 1.54 bits per heavy atom. The van der Waals surface area contributed by atoms with Crippen molar-refractivity contribution in [3.8, 4) is 0 Å². The van der Waals surface area contributed by atoms with Crippen molar-refractivity contribution >= 4 is 5.82 Å². The van der Waals surface area contributed by atoms with Crippen LogP contribution in [0.4, 0.5) is 5.82 Å². The Hall–Kier alpha value is -1.03. The van der Waals surface area contributed by atoms with Crippen LogP contribution in [0.25, 0.3) is 0 Å². The lowest BCUT2D eigenvalue weighted by molar-refractivity contribution is 0.540. The molecule has 0 amide bonds. The Kier molecular flexibility index (Phi) is 3.31. The van der Waals surface area contributed by atoms with Gasteiger partial charge < -0.3 is 11.5 Å². The summed E-state index contributed by atoms with van der Waals surface area (Å²) in [6.45, 7) is 4.83. The average molecular weight is 182 g/mol. The van der Waals surface area contributed by atoms with Crippen molar-refractivity contribution < 1.29 is 0 Å². The van der Waals surface area contributed by atoms with Crippen LogP contribution < -0.4 is 11.5 Å². The Morgan fingerprint density at radius 3 is 2.69 bits per heavy atom. The number of hydrogen-bond acceptors (Lipinski definition) is 3. The van der Waals surface area contributed by atoms with Crippen LogP contribution in [-0.2, 0) is 6.42 Å². The third kappa shape index (κ3) is 2.21. The molecular weight excluding hydrogens is 164 g/mol. The molecule has 0 aliphatic heterocycles. The number of anilines is 1. The van der Waals surface area contributed by atoms with Gasteiger partial charge in [-0.15, -0.1) is 0 Å². The number of nitrogen functional groups attached to an aromatic ring is 1. The zero-order chi connectivity index (χ0) is 9.84. The molecule has 4 N–H and O–H groups in total. The van der Waals surface area contributed by atoms with E-state index in [2.05, 4.69) is 18.9 Å². The quantitative estimate of drug-likeness (QED) is 0.728. The van der Waals surface area contributed by atoms with Gasteiger partial charge in [0.15, 0.2) is 0 Å². The Balaban J connectivity index is 2.74. The van der Waals surface area contributed by atoms with Gasteiger partial charge >= 0.3 is 0 Å². The van der Waals surface area contributed by atoms with Crippen molar-refractivity contribution in [3.05, 3.63) is 11.8 Å². The average Bonchev–Trinajstić information content (AvgIpc) is 2.43. The van der Waals surface area contributed by atoms with Gasteiger partial charge in [-0.2, -0.15) is 5.10 Å². The van der Waals surface area contributed by atoms with Gasteiger partial charge in [0.2, 0.25) is 0 Å². The van der Waals surface area contributed by atoms with E-state index < -0.39 is 0 Å². The topological polar surface area (TPSA) is 69.9 Å². The molecule has 0 radical (unpaired) electrons. The Labute approximate surface area is 78.9 Å². The first kappa shape index (κ1) is 10.1. The van der Waals surface area contributed by atoms with E-state index in [0.717, 1.165) is 24.2 Å². The van der Waals surface area contributed by atoms with Crippen LogP contribution in [0.1, 0.15) is 31.9 Å². The Morgan fingerprint density at radius 2 is 2.23 bits per heavy atom. The number of aromatic nitrogens is 2. The van der Waals surface area contributed by atoms with Crippen LogP contribution in [0.5, 0.6) is 0 Å². The summed E-state index contributed by atoms with van der Waals surface area (Å²) in [6.07, 6.45) is 3.73. The zero-order valence-electron chi connectivity index (χ0n) is 8.33. The van der Waals surface area contributed by atoms with Gasteiger partial charge in [0.05, 0.1) is 6.20 Å². The summed E-state index contributed by atoms with van der Waals surface area (Å²) in [5, 5.41) is 4.22. The molecule has 1 rings (SSSR count). The van der Waals surface area contributed by atoms with Crippen LogP contribution in [-0.4, -0.2) is 16.3 Å². The second kappa shape index (κ2) is 4.28. The molecule has 0 bridgehead atoms. The summed E-state index contributed by atoms with van der Waals surface area (Å²) in [5.41, 5.74) is 12.4. The van der Waals surface area contributed by atoms with Gasteiger partial charge in [0, 0.05) is 11.6 Å². The summed E-state index contributed by atoms with van der Waals surface area (Å²) in [4.78, 5) is 0. The maximum atomic E-state index is 5.90. The molecule has 4 nitrogen and oxygen atoms in total. The Bertz CT molecular complexity index is 265. The minimum absolute atomic E-state index is 0.326. The summed E-state index contributed by atoms with van der Waals surface area (Å²) in [5.74, 6) is 0.781. The molecule has 0 atom stereocenters. The zero-order valence-corrected chi connectivity index (χ0v) is 8.33. The number of hydrogen-bond donors (Lipinski definition) is 2. The van der Waals surface area contributed by atoms with Crippen LogP contribution in [0.3, 0.4) is 0 Å². The van der Waals surface area contributed by atoms with Crippen molar-refractivity contribution in [1.82, 2.24) is 9.78 Å². The minimum Gasteiger partial charge on any atom is -0.384 e. The van der Waals surface area contributed by atoms with Gasteiger partial charge in [0.1, 0.15) is 5.82 Å². The van der Waals surface area contributed by atoms with Crippen molar-refractivity contribution in [2.45, 2.75) is 32.7 Å². The number of aryl methyl sites for hydroxylation is 1. The molecule has 0 aliphatic carbocycles. The van der Waals surface area contributed by atoms with E-state index in [9.17, 15) is 0 Å². The molecule has 1 aromatic heterocycles. The molecule has 74 valence electrons. The van der Waals surface area contributed by atoms with E-state index in [0.29, 0.717) is 12.6 Å². The fourth-order valence-electron chi connectivity index (χ4n) is 1.30. The van der Waals surface area contributed by atoms with Crippen LogP contribution in [0.15, 0.2) is 6.20 Å². The molecule has 4 heteroatoms. The highest BCUT2D eigenvalue weighted by molar-refractivity contribution is 5.39. The lowest BCUT2D eigenvalue weighted by atomic mass is 10.2. The highest BCUT2D eigenvalue weighted by Gasteiger charge is 2.08. The molecular formula is C9H18N4. The van der Waals surface area contributed by atoms with E-state index in [-0.39, 0.29) is 0 Å². The van der Waals surface area contributed by atoms with E-state index in [1.165, 1.54) is 0 Å². The monoisotopic (exact) mass is 182 g/mol. The fourth-order valence-corrected chi connectivity index (χ4v) is 1.30. The molecule has 0 aromatic carbocycles. The number of nitrogens with two attached hydrogens (primary N) is 2. The second-order valence-electron chi connectivity index (χ2n) is 3.49. The highest BCUT2D eigenvalue weighted by atomic mass is 15.3. The van der Waals surface area contributed by atoms with Crippen molar-refractivity contribution in [2.24, 2.45) is 5.73 Å².